The zero-order chi connectivity index (χ0) is 8.39. The maximum atomic E-state index is 5.54. The van der Waals surface area contributed by atoms with E-state index in [0.29, 0.717) is 11.2 Å². The lowest BCUT2D eigenvalue weighted by Gasteiger charge is -2.06. The summed E-state index contributed by atoms with van der Waals surface area (Å²) < 4.78 is 1.67. The van der Waals surface area contributed by atoms with Crippen molar-refractivity contribution in [3.8, 4) is 0 Å². The highest BCUT2D eigenvalue weighted by atomic mass is 32.2. The Bertz CT molecular complexity index is 254. The average molecular weight is 185 g/mol. The van der Waals surface area contributed by atoms with Crippen LogP contribution in [0.25, 0.3) is 0 Å². The summed E-state index contributed by atoms with van der Waals surface area (Å²) in [5.41, 5.74) is 5.54. The fraction of sp³-hybridized carbons (Fsp3) is 0.833. The lowest BCUT2D eigenvalue weighted by Crippen LogP contribution is -2.13. The van der Waals surface area contributed by atoms with Crippen molar-refractivity contribution in [1.82, 2.24) is 20.2 Å². The van der Waals surface area contributed by atoms with E-state index in [1.165, 1.54) is 18.6 Å². The van der Waals surface area contributed by atoms with Gasteiger partial charge in [-0.05, 0) is 29.0 Å². The number of hydrogen-bond donors (Lipinski definition) is 1. The minimum Gasteiger partial charge on any atom is -0.367 e. The van der Waals surface area contributed by atoms with E-state index in [-0.39, 0.29) is 0 Å². The van der Waals surface area contributed by atoms with Gasteiger partial charge in [0, 0.05) is 5.25 Å². The number of hydrogen-bond acceptors (Lipinski definition) is 5. The fourth-order valence-corrected chi connectivity index (χ4v) is 2.57. The molecule has 6 heteroatoms. The van der Waals surface area contributed by atoms with Crippen LogP contribution in [-0.4, -0.2) is 31.2 Å². The van der Waals surface area contributed by atoms with E-state index < -0.39 is 0 Å². The van der Waals surface area contributed by atoms with Crippen molar-refractivity contribution in [3.63, 3.8) is 0 Å². The van der Waals surface area contributed by atoms with Crippen LogP contribution in [0.4, 0.5) is 5.95 Å². The van der Waals surface area contributed by atoms with Gasteiger partial charge in [0.2, 0.25) is 5.95 Å². The van der Waals surface area contributed by atoms with Gasteiger partial charge in [0.1, 0.15) is 0 Å². The zero-order valence-corrected chi connectivity index (χ0v) is 7.50. The van der Waals surface area contributed by atoms with Crippen molar-refractivity contribution < 1.29 is 0 Å². The summed E-state index contributed by atoms with van der Waals surface area (Å²) in [4.78, 5) is 0. The molecule has 0 aromatic carbocycles. The van der Waals surface area contributed by atoms with E-state index in [0.717, 1.165) is 6.54 Å². The molecule has 1 fully saturated rings. The van der Waals surface area contributed by atoms with Crippen LogP contribution >= 0.6 is 11.8 Å². The Hall–Kier alpha value is -0.780. The van der Waals surface area contributed by atoms with Crippen LogP contribution in [0.2, 0.25) is 0 Å². The number of tetrazole rings is 1. The topological polar surface area (TPSA) is 69.6 Å². The van der Waals surface area contributed by atoms with Crippen LogP contribution in [0, 0.1) is 0 Å². The smallest absolute Gasteiger partial charge is 0.240 e. The predicted molar refractivity (Wildman–Crippen MR) is 47.7 cm³/mol. The number of rotatable bonds is 2. The van der Waals surface area contributed by atoms with Gasteiger partial charge in [-0.2, -0.15) is 11.8 Å². The van der Waals surface area contributed by atoms with Crippen molar-refractivity contribution in [1.29, 1.82) is 0 Å². The summed E-state index contributed by atoms with van der Waals surface area (Å²) >= 11 is 1.98. The van der Waals surface area contributed by atoms with Crippen LogP contribution in [-0.2, 0) is 6.54 Å². The van der Waals surface area contributed by atoms with Gasteiger partial charge in [0.15, 0.2) is 0 Å². The first-order valence-electron chi connectivity index (χ1n) is 3.99. The van der Waals surface area contributed by atoms with Crippen molar-refractivity contribution in [2.24, 2.45) is 0 Å². The summed E-state index contributed by atoms with van der Waals surface area (Å²) in [7, 11) is 0. The monoisotopic (exact) mass is 185 g/mol. The number of nitrogen functional groups attached to an aromatic ring is 1. The van der Waals surface area contributed by atoms with E-state index in [2.05, 4.69) is 15.5 Å². The molecule has 2 N–H and O–H groups in total. The Morgan fingerprint density at radius 2 is 2.58 bits per heavy atom. The Balaban J connectivity index is 1.98. The highest BCUT2D eigenvalue weighted by Crippen LogP contribution is 2.27. The number of anilines is 1. The first kappa shape index (κ1) is 7.85. The number of aromatic nitrogens is 4. The van der Waals surface area contributed by atoms with Gasteiger partial charge >= 0.3 is 0 Å². The lowest BCUT2D eigenvalue weighted by atomic mass is 10.2. The van der Waals surface area contributed by atoms with Crippen molar-refractivity contribution >= 4 is 17.7 Å². The minimum atomic E-state index is 0.419. The zero-order valence-electron chi connectivity index (χ0n) is 6.68. The number of nitrogens with zero attached hydrogens (tertiary/aromatic N) is 4. The summed E-state index contributed by atoms with van der Waals surface area (Å²) in [5, 5.41) is 11.6. The summed E-state index contributed by atoms with van der Waals surface area (Å²) in [6.07, 6.45) is 2.56. The third-order valence-electron chi connectivity index (χ3n) is 1.96. The molecule has 0 spiro atoms. The molecule has 1 saturated heterocycles. The van der Waals surface area contributed by atoms with Crippen molar-refractivity contribution in [2.45, 2.75) is 24.6 Å². The molecule has 0 bridgehead atoms. The molecule has 2 rings (SSSR count). The third-order valence-corrected chi connectivity index (χ3v) is 3.34. The van der Waals surface area contributed by atoms with Crippen LogP contribution in [0.1, 0.15) is 12.8 Å². The number of nitrogens with two attached hydrogens (primary N) is 1. The summed E-state index contributed by atoms with van der Waals surface area (Å²) in [6, 6.07) is 0. The molecule has 1 atom stereocenters. The maximum absolute atomic E-state index is 5.54. The molecule has 1 aliphatic rings. The molecule has 1 aliphatic heterocycles. The molecule has 1 unspecified atom stereocenters. The quantitative estimate of drug-likeness (QED) is 0.710. The van der Waals surface area contributed by atoms with E-state index in [4.69, 9.17) is 5.73 Å². The van der Waals surface area contributed by atoms with Gasteiger partial charge < -0.3 is 5.73 Å². The maximum Gasteiger partial charge on any atom is 0.240 e. The highest BCUT2D eigenvalue weighted by molar-refractivity contribution is 8.00. The summed E-state index contributed by atoms with van der Waals surface area (Å²) in [5.74, 6) is 1.68. The molecule has 5 nitrogen and oxygen atoms in total. The molecular formula is C6H11N5S. The largest absolute Gasteiger partial charge is 0.367 e. The highest BCUT2D eigenvalue weighted by Gasteiger charge is 2.17. The molecular weight excluding hydrogens is 174 g/mol. The minimum absolute atomic E-state index is 0.419. The van der Waals surface area contributed by atoms with Crippen LogP contribution in [0.3, 0.4) is 0 Å². The Morgan fingerprint density at radius 1 is 1.67 bits per heavy atom. The van der Waals surface area contributed by atoms with Gasteiger partial charge in [0.25, 0.3) is 0 Å². The molecule has 1 aromatic rings. The van der Waals surface area contributed by atoms with Crippen molar-refractivity contribution in [2.75, 3.05) is 11.5 Å². The molecule has 2 heterocycles. The van der Waals surface area contributed by atoms with E-state index >= 15 is 0 Å². The Kier molecular flexibility index (Phi) is 2.16. The van der Waals surface area contributed by atoms with Gasteiger partial charge in [0.05, 0.1) is 6.54 Å². The normalized spacial score (nSPS) is 23.2. The third kappa shape index (κ3) is 1.52. The Morgan fingerprint density at radius 3 is 3.17 bits per heavy atom. The first-order chi connectivity index (χ1) is 5.86. The fourth-order valence-electron chi connectivity index (χ4n) is 1.32. The second-order valence-corrected chi connectivity index (χ2v) is 4.26. The SMILES string of the molecule is Nc1nnnn1CC1CCCS1. The van der Waals surface area contributed by atoms with E-state index in [1.807, 2.05) is 11.8 Å². The summed E-state index contributed by atoms with van der Waals surface area (Å²) in [6.45, 7) is 0.851. The van der Waals surface area contributed by atoms with Crippen LogP contribution in [0.15, 0.2) is 0 Å². The van der Waals surface area contributed by atoms with Gasteiger partial charge in [-0.25, -0.2) is 4.68 Å². The standard InChI is InChI=1S/C6H11N5S/c7-6-8-9-10-11(6)4-5-2-1-3-12-5/h5H,1-4H2,(H2,7,8,10). The predicted octanol–water partition coefficient (Wildman–Crippen LogP) is 0.151. The second-order valence-electron chi connectivity index (χ2n) is 2.85. The lowest BCUT2D eigenvalue weighted by molar-refractivity contribution is 0.566. The van der Waals surface area contributed by atoms with Crippen molar-refractivity contribution in [3.05, 3.63) is 0 Å². The molecule has 1 aromatic heterocycles. The second kappa shape index (κ2) is 3.30. The molecule has 0 aliphatic carbocycles. The van der Waals surface area contributed by atoms with E-state index in [1.54, 1.807) is 4.68 Å². The molecule has 0 radical (unpaired) electrons. The van der Waals surface area contributed by atoms with Gasteiger partial charge in [-0.1, -0.05) is 5.10 Å². The van der Waals surface area contributed by atoms with Gasteiger partial charge in [-0.3, -0.25) is 0 Å². The molecule has 12 heavy (non-hydrogen) atoms. The Labute approximate surface area is 74.7 Å². The molecule has 0 amide bonds. The average Bonchev–Trinajstić information content (AvgIpc) is 2.65. The molecule has 0 saturated carbocycles. The number of thioether (sulfide) groups is 1. The molecule has 66 valence electrons. The van der Waals surface area contributed by atoms with Crippen LogP contribution in [0.5, 0.6) is 0 Å². The van der Waals surface area contributed by atoms with E-state index in [9.17, 15) is 0 Å². The first-order valence-corrected chi connectivity index (χ1v) is 5.04. The van der Waals surface area contributed by atoms with Gasteiger partial charge in [-0.15, -0.1) is 0 Å². The van der Waals surface area contributed by atoms with Crippen LogP contribution < -0.4 is 5.73 Å².